The monoisotopic (exact) mass is 503 g/mol. The molecule has 198 valence electrons. The van der Waals surface area contributed by atoms with E-state index in [2.05, 4.69) is 17.5 Å². The number of hydrogen-bond donors (Lipinski definition) is 1. The molecule has 1 aromatic rings. The Balaban J connectivity index is 1.53. The summed E-state index contributed by atoms with van der Waals surface area (Å²) in [6.07, 6.45) is 4.40. The molecule has 4 aliphatic rings. The molecule has 5 rings (SSSR count). The molecule has 1 spiro atoms. The van der Waals surface area contributed by atoms with Crippen LogP contribution in [0.4, 0.5) is 0 Å². The number of carbonyl (C=O) groups is 1. The van der Waals surface area contributed by atoms with Crippen LogP contribution in [0.1, 0.15) is 36.8 Å². The molecule has 1 aromatic carbocycles. The van der Waals surface area contributed by atoms with Crippen molar-refractivity contribution in [1.29, 1.82) is 0 Å². The summed E-state index contributed by atoms with van der Waals surface area (Å²) in [5, 5.41) is 8.97. The van der Waals surface area contributed by atoms with Crippen molar-refractivity contribution < 1.29 is 38.3 Å². The highest BCUT2D eigenvalue weighted by Crippen LogP contribution is 2.66. The van der Waals surface area contributed by atoms with Crippen LogP contribution in [0.2, 0.25) is 0 Å². The third-order valence-electron chi connectivity index (χ3n) is 8.25. The van der Waals surface area contributed by atoms with Crippen LogP contribution in [-0.4, -0.2) is 93.7 Å². The molecule has 4 atom stereocenters. The zero-order valence-corrected chi connectivity index (χ0v) is 21.0. The number of aliphatic hydroxyl groups is 1. The van der Waals surface area contributed by atoms with Crippen molar-refractivity contribution >= 4 is 5.78 Å². The number of hydrogen-bond acceptors (Lipinski definition) is 9. The third kappa shape index (κ3) is 3.97. The van der Waals surface area contributed by atoms with Crippen molar-refractivity contribution in [3.05, 3.63) is 35.9 Å². The molecule has 2 bridgehead atoms. The van der Waals surface area contributed by atoms with Gasteiger partial charge in [-0.05, 0) is 37.3 Å². The van der Waals surface area contributed by atoms with Gasteiger partial charge >= 0.3 is 0 Å². The van der Waals surface area contributed by atoms with Gasteiger partial charge in [0.25, 0.3) is 0 Å². The average Bonchev–Trinajstić information content (AvgIpc) is 3.24. The molecule has 2 fully saturated rings. The van der Waals surface area contributed by atoms with Gasteiger partial charge in [-0.2, -0.15) is 0 Å². The van der Waals surface area contributed by atoms with Crippen LogP contribution in [0.15, 0.2) is 24.8 Å². The van der Waals surface area contributed by atoms with Crippen LogP contribution in [0.25, 0.3) is 0 Å². The summed E-state index contributed by atoms with van der Waals surface area (Å²) < 4.78 is 35.6. The van der Waals surface area contributed by atoms with Crippen LogP contribution >= 0.6 is 0 Å². The molecule has 1 unspecified atom stereocenters. The minimum Gasteiger partial charge on any atom is -0.477 e. The molecule has 0 aromatic heterocycles. The van der Waals surface area contributed by atoms with Crippen LogP contribution < -0.4 is 9.47 Å². The number of carbonyl (C=O) groups excluding carboxylic acids is 1. The minimum atomic E-state index is -0.631. The number of piperidine rings is 1. The number of rotatable bonds is 14. The molecule has 1 N–H and O–H groups in total. The fourth-order valence-electron chi connectivity index (χ4n) is 6.85. The largest absolute Gasteiger partial charge is 0.477 e. The van der Waals surface area contributed by atoms with Gasteiger partial charge in [0.1, 0.15) is 12.4 Å². The van der Waals surface area contributed by atoms with Gasteiger partial charge in [0, 0.05) is 44.8 Å². The van der Waals surface area contributed by atoms with Gasteiger partial charge in [-0.1, -0.05) is 12.1 Å². The minimum absolute atomic E-state index is 0.0471. The van der Waals surface area contributed by atoms with Crippen LogP contribution in [-0.2, 0) is 35.6 Å². The van der Waals surface area contributed by atoms with Crippen LogP contribution in [0, 0.1) is 0 Å². The van der Waals surface area contributed by atoms with E-state index in [1.807, 2.05) is 12.1 Å². The summed E-state index contributed by atoms with van der Waals surface area (Å²) in [6, 6.07) is 4.08. The lowest BCUT2D eigenvalue weighted by molar-refractivity contribution is -0.245. The lowest BCUT2D eigenvalue weighted by Crippen LogP contribution is -2.77. The number of benzene rings is 1. The summed E-state index contributed by atoms with van der Waals surface area (Å²) in [6.45, 7) is 7.15. The fraction of sp³-hybridized carbons (Fsp3) is 0.667. The highest BCUT2D eigenvalue weighted by Gasteiger charge is 2.74. The number of Topliss-reactive ketones (excluding diaryl/α,β-unsaturated/α-hetero) is 1. The number of aliphatic hydroxyl groups excluding tert-OH is 1. The predicted molar refractivity (Wildman–Crippen MR) is 130 cm³/mol. The summed E-state index contributed by atoms with van der Waals surface area (Å²) in [5.74, 6) is 1.33. The molecular formula is C27H37NO8. The molecule has 9 nitrogen and oxygen atoms in total. The van der Waals surface area contributed by atoms with E-state index >= 15 is 0 Å². The van der Waals surface area contributed by atoms with Crippen LogP contribution in [0.3, 0.4) is 0 Å². The number of ketones is 1. The van der Waals surface area contributed by atoms with E-state index in [0.29, 0.717) is 50.6 Å². The van der Waals surface area contributed by atoms with Crippen molar-refractivity contribution in [3.8, 4) is 11.5 Å². The Bertz CT molecular complexity index is 969. The van der Waals surface area contributed by atoms with E-state index in [1.54, 1.807) is 7.11 Å². The van der Waals surface area contributed by atoms with E-state index in [1.165, 1.54) is 5.56 Å². The van der Waals surface area contributed by atoms with Crippen molar-refractivity contribution in [2.45, 2.75) is 55.3 Å². The number of nitrogens with zero attached hydrogens (tertiary/aromatic N) is 1. The van der Waals surface area contributed by atoms with E-state index in [4.69, 9.17) is 33.5 Å². The molecule has 36 heavy (non-hydrogen) atoms. The summed E-state index contributed by atoms with van der Waals surface area (Å²) in [7, 11) is 1.64. The van der Waals surface area contributed by atoms with Gasteiger partial charge in [-0.25, -0.2) is 0 Å². The molecule has 9 heteroatoms. The standard InChI is InChI=1S/C27H37NO8/c1-3-10-28-11-9-26-23-19-5-6-21(34-17-32-13-4-12-29)24(23)36-25(26)20(30)7-8-27(26,22(28)16-19)35-18-33-15-14-31-2/h3,5-6,22,25,29H,1,4,7-18H2,2H3/t22-,25+,26+,27?/m1/s1. The second-order valence-electron chi connectivity index (χ2n) is 9.92. The second kappa shape index (κ2) is 10.8. The summed E-state index contributed by atoms with van der Waals surface area (Å²) >= 11 is 0. The third-order valence-corrected chi connectivity index (χ3v) is 8.25. The molecule has 1 saturated heterocycles. The van der Waals surface area contributed by atoms with E-state index in [-0.39, 0.29) is 32.0 Å². The highest BCUT2D eigenvalue weighted by molar-refractivity contribution is 5.90. The molecule has 0 amide bonds. The SMILES string of the molecule is C=CCN1CC[C@]23c4c5ccc(OCOCCCO)c4O[C@H]2C(=O)CCC3(OCOCCOC)[C@H]1C5. The second-order valence-corrected chi connectivity index (χ2v) is 9.92. The Morgan fingerprint density at radius 1 is 1.22 bits per heavy atom. The number of methoxy groups -OCH3 is 1. The first-order valence-electron chi connectivity index (χ1n) is 12.9. The van der Waals surface area contributed by atoms with Gasteiger partial charge in [-0.3, -0.25) is 9.69 Å². The number of likely N-dealkylation sites (tertiary alicyclic amines) is 1. The fourth-order valence-corrected chi connectivity index (χ4v) is 6.85. The maximum atomic E-state index is 13.4. The maximum absolute atomic E-state index is 13.4. The Morgan fingerprint density at radius 3 is 2.89 bits per heavy atom. The van der Waals surface area contributed by atoms with Gasteiger partial charge in [-0.15, -0.1) is 6.58 Å². The lowest BCUT2D eigenvalue weighted by Gasteiger charge is -2.64. The van der Waals surface area contributed by atoms with Gasteiger partial charge in [0.05, 0.1) is 25.2 Å². The molecule has 2 aliphatic carbocycles. The van der Waals surface area contributed by atoms with Gasteiger partial charge in [0.2, 0.25) is 0 Å². The van der Waals surface area contributed by atoms with Crippen molar-refractivity contribution in [1.82, 2.24) is 4.90 Å². The Hall–Kier alpha value is -2.01. The van der Waals surface area contributed by atoms with Crippen molar-refractivity contribution in [2.75, 3.05) is 60.2 Å². The molecular weight excluding hydrogens is 466 g/mol. The smallest absolute Gasteiger partial charge is 0.189 e. The first-order valence-corrected chi connectivity index (χ1v) is 12.9. The van der Waals surface area contributed by atoms with E-state index < -0.39 is 17.1 Å². The molecule has 2 heterocycles. The highest BCUT2D eigenvalue weighted by atomic mass is 16.7. The quantitative estimate of drug-likeness (QED) is 0.232. The van der Waals surface area contributed by atoms with Crippen LogP contribution in [0.5, 0.6) is 11.5 Å². The molecule has 0 radical (unpaired) electrons. The first-order chi connectivity index (χ1) is 17.6. The topological polar surface area (TPSA) is 95.9 Å². The van der Waals surface area contributed by atoms with E-state index in [9.17, 15) is 4.79 Å². The maximum Gasteiger partial charge on any atom is 0.189 e. The Kier molecular flexibility index (Phi) is 7.67. The summed E-state index contributed by atoms with van der Waals surface area (Å²) in [4.78, 5) is 15.8. The zero-order chi connectivity index (χ0) is 25.2. The Labute approximate surface area is 212 Å². The first kappa shape index (κ1) is 25.6. The van der Waals surface area contributed by atoms with E-state index in [0.717, 1.165) is 31.5 Å². The average molecular weight is 504 g/mol. The predicted octanol–water partition coefficient (Wildman–Crippen LogP) is 1.98. The molecule has 1 saturated carbocycles. The zero-order valence-electron chi connectivity index (χ0n) is 21.0. The van der Waals surface area contributed by atoms with Gasteiger partial charge in [0.15, 0.2) is 30.2 Å². The Morgan fingerprint density at radius 2 is 2.08 bits per heavy atom. The normalized spacial score (nSPS) is 30.1. The summed E-state index contributed by atoms with van der Waals surface area (Å²) in [5.41, 5.74) is 0.998. The van der Waals surface area contributed by atoms with Gasteiger partial charge < -0.3 is 33.5 Å². The number of ether oxygens (including phenoxy) is 6. The van der Waals surface area contributed by atoms with Crippen molar-refractivity contribution in [2.24, 2.45) is 0 Å². The lowest BCUT2D eigenvalue weighted by atomic mass is 9.49. The van der Waals surface area contributed by atoms with Crippen molar-refractivity contribution in [3.63, 3.8) is 0 Å². The molecule has 2 aliphatic heterocycles.